The first-order valence-corrected chi connectivity index (χ1v) is 11.9. The highest BCUT2D eigenvalue weighted by Gasteiger charge is 2.35. The third-order valence-electron chi connectivity index (χ3n) is 6.50. The van der Waals surface area contributed by atoms with Crippen LogP contribution in [0.5, 0.6) is 28.7 Å². The second-order valence-electron chi connectivity index (χ2n) is 8.85. The van der Waals surface area contributed by atoms with E-state index in [0.717, 1.165) is 28.0 Å². The molecule has 0 aliphatic carbocycles. The van der Waals surface area contributed by atoms with Gasteiger partial charge in [0.1, 0.15) is 12.4 Å². The van der Waals surface area contributed by atoms with Crippen molar-refractivity contribution in [3.8, 4) is 28.7 Å². The van der Waals surface area contributed by atoms with Crippen LogP contribution in [0, 0.1) is 13.8 Å². The van der Waals surface area contributed by atoms with E-state index in [2.05, 4.69) is 6.07 Å². The van der Waals surface area contributed by atoms with Crippen molar-refractivity contribution in [1.82, 2.24) is 4.90 Å². The van der Waals surface area contributed by atoms with Gasteiger partial charge in [0.15, 0.2) is 23.0 Å². The maximum absolute atomic E-state index is 13.9. The normalized spacial score (nSPS) is 14.6. The fourth-order valence-corrected chi connectivity index (χ4v) is 4.85. The highest BCUT2D eigenvalue weighted by atomic mass is 16.5. The van der Waals surface area contributed by atoms with Gasteiger partial charge in [0.05, 0.1) is 40.0 Å². The SMILES string of the molecule is COc1cc2c(cc1OC)[C@H](COc1cc(C)cc(C)c1)N(C(=O)c1cccc(OC)c1OC)CC2. The smallest absolute Gasteiger partial charge is 0.258 e. The Morgan fingerprint density at radius 3 is 2.17 bits per heavy atom. The Hall–Kier alpha value is -3.87. The van der Waals surface area contributed by atoms with Crippen LogP contribution in [0.4, 0.5) is 0 Å². The number of benzene rings is 3. The number of rotatable bonds is 8. The molecular formula is C29H33NO6. The standard InChI is InChI=1S/C29H33NO6/c1-18-12-19(2)14-21(13-18)36-17-24-23-16-27(34-5)26(33-4)15-20(23)10-11-30(24)29(31)22-8-7-9-25(32-3)28(22)35-6/h7-9,12-16,24H,10-11,17H2,1-6H3/t24-/m0/s1. The Morgan fingerprint density at radius 1 is 0.861 bits per heavy atom. The minimum absolute atomic E-state index is 0.153. The Morgan fingerprint density at radius 2 is 1.53 bits per heavy atom. The first kappa shape index (κ1) is 25.2. The van der Waals surface area contributed by atoms with Gasteiger partial charge in [0.2, 0.25) is 0 Å². The molecule has 0 bridgehead atoms. The number of carbonyl (C=O) groups excluding carboxylic acids is 1. The molecule has 0 N–H and O–H groups in total. The van der Waals surface area contributed by atoms with Crippen LogP contribution in [0.2, 0.25) is 0 Å². The highest BCUT2D eigenvalue weighted by molar-refractivity contribution is 5.98. The molecule has 4 rings (SSSR count). The average Bonchev–Trinajstić information content (AvgIpc) is 2.89. The zero-order chi connectivity index (χ0) is 25.8. The van der Waals surface area contributed by atoms with Crippen molar-refractivity contribution in [2.24, 2.45) is 0 Å². The van der Waals surface area contributed by atoms with Gasteiger partial charge in [-0.05, 0) is 78.9 Å². The number of amides is 1. The molecule has 0 saturated carbocycles. The maximum atomic E-state index is 13.9. The molecule has 1 amide bonds. The summed E-state index contributed by atoms with van der Waals surface area (Å²) in [7, 11) is 6.33. The van der Waals surface area contributed by atoms with Crippen LogP contribution in [0.25, 0.3) is 0 Å². The summed E-state index contributed by atoms with van der Waals surface area (Å²) in [5.74, 6) is 2.82. The maximum Gasteiger partial charge on any atom is 0.258 e. The van der Waals surface area contributed by atoms with Crippen LogP contribution in [0.3, 0.4) is 0 Å². The van der Waals surface area contributed by atoms with Crippen LogP contribution in [-0.2, 0) is 6.42 Å². The van der Waals surface area contributed by atoms with Crippen molar-refractivity contribution >= 4 is 5.91 Å². The zero-order valence-corrected chi connectivity index (χ0v) is 21.7. The molecule has 1 aliphatic rings. The number of carbonyl (C=O) groups is 1. The zero-order valence-electron chi connectivity index (χ0n) is 21.7. The van der Waals surface area contributed by atoms with Gasteiger partial charge in [0, 0.05) is 6.54 Å². The minimum Gasteiger partial charge on any atom is -0.493 e. The van der Waals surface area contributed by atoms with Crippen molar-refractivity contribution < 1.29 is 28.5 Å². The molecule has 0 fully saturated rings. The quantitative estimate of drug-likeness (QED) is 0.434. The molecule has 1 atom stereocenters. The summed E-state index contributed by atoms with van der Waals surface area (Å²) >= 11 is 0. The summed E-state index contributed by atoms with van der Waals surface area (Å²) in [5.41, 5.74) is 4.75. The van der Waals surface area contributed by atoms with Gasteiger partial charge in [-0.1, -0.05) is 12.1 Å². The molecule has 7 heteroatoms. The average molecular weight is 492 g/mol. The van der Waals surface area contributed by atoms with Crippen LogP contribution in [0.15, 0.2) is 48.5 Å². The number of aryl methyl sites for hydroxylation is 2. The summed E-state index contributed by atoms with van der Waals surface area (Å²) in [5, 5.41) is 0. The number of fused-ring (bicyclic) bond motifs is 1. The van der Waals surface area contributed by atoms with E-state index in [-0.39, 0.29) is 18.6 Å². The molecule has 190 valence electrons. The van der Waals surface area contributed by atoms with E-state index in [0.29, 0.717) is 41.5 Å². The molecular weight excluding hydrogens is 458 g/mol. The van der Waals surface area contributed by atoms with E-state index in [9.17, 15) is 4.79 Å². The number of nitrogens with zero attached hydrogens (tertiary/aromatic N) is 1. The lowest BCUT2D eigenvalue weighted by molar-refractivity contribution is 0.0585. The lowest BCUT2D eigenvalue weighted by Crippen LogP contribution is -2.42. The van der Waals surface area contributed by atoms with Gasteiger partial charge in [-0.25, -0.2) is 0 Å². The first-order chi connectivity index (χ1) is 17.4. The fourth-order valence-electron chi connectivity index (χ4n) is 4.85. The lowest BCUT2D eigenvalue weighted by atomic mass is 9.91. The van der Waals surface area contributed by atoms with Crippen molar-refractivity contribution in [3.05, 3.63) is 76.3 Å². The van der Waals surface area contributed by atoms with Crippen LogP contribution < -0.4 is 23.7 Å². The monoisotopic (exact) mass is 491 g/mol. The molecule has 0 radical (unpaired) electrons. The molecule has 1 heterocycles. The summed E-state index contributed by atoms with van der Waals surface area (Å²) in [6.07, 6.45) is 0.674. The minimum atomic E-state index is -0.349. The molecule has 36 heavy (non-hydrogen) atoms. The predicted octanol–water partition coefficient (Wildman–Crippen LogP) is 5.16. The Bertz CT molecular complexity index is 1230. The van der Waals surface area contributed by atoms with Gasteiger partial charge >= 0.3 is 0 Å². The van der Waals surface area contributed by atoms with Crippen molar-refractivity contribution in [2.45, 2.75) is 26.3 Å². The van der Waals surface area contributed by atoms with Crippen molar-refractivity contribution in [2.75, 3.05) is 41.6 Å². The third kappa shape index (κ3) is 4.91. The summed E-state index contributed by atoms with van der Waals surface area (Å²) in [6.45, 7) is 4.88. The van der Waals surface area contributed by atoms with Gasteiger partial charge < -0.3 is 28.6 Å². The summed E-state index contributed by atoms with van der Waals surface area (Å²) in [4.78, 5) is 15.8. The topological polar surface area (TPSA) is 66.5 Å². The second kappa shape index (κ2) is 10.8. The van der Waals surface area contributed by atoms with Gasteiger partial charge in [-0.15, -0.1) is 0 Å². The highest BCUT2D eigenvalue weighted by Crippen LogP contribution is 2.40. The van der Waals surface area contributed by atoms with Gasteiger partial charge in [0.25, 0.3) is 5.91 Å². The Balaban J connectivity index is 1.76. The molecule has 3 aromatic carbocycles. The van der Waals surface area contributed by atoms with Crippen LogP contribution >= 0.6 is 0 Å². The Kier molecular flexibility index (Phi) is 7.58. The van der Waals surface area contributed by atoms with E-state index in [1.54, 1.807) is 39.5 Å². The van der Waals surface area contributed by atoms with Crippen molar-refractivity contribution in [1.29, 1.82) is 0 Å². The van der Waals surface area contributed by atoms with Crippen LogP contribution in [-0.4, -0.2) is 52.4 Å². The van der Waals surface area contributed by atoms with Gasteiger partial charge in [-0.3, -0.25) is 4.79 Å². The molecule has 0 saturated heterocycles. The fraction of sp³-hybridized carbons (Fsp3) is 0.345. The van der Waals surface area contributed by atoms with E-state index in [4.69, 9.17) is 23.7 Å². The van der Waals surface area contributed by atoms with E-state index < -0.39 is 0 Å². The number of para-hydroxylation sites is 1. The number of hydrogen-bond donors (Lipinski definition) is 0. The third-order valence-corrected chi connectivity index (χ3v) is 6.50. The predicted molar refractivity (Wildman–Crippen MR) is 138 cm³/mol. The number of hydrogen-bond acceptors (Lipinski definition) is 6. The summed E-state index contributed by atoms with van der Waals surface area (Å²) in [6, 6.07) is 15.0. The van der Waals surface area contributed by atoms with E-state index >= 15 is 0 Å². The Labute approximate surface area is 212 Å². The van der Waals surface area contributed by atoms with Gasteiger partial charge in [-0.2, -0.15) is 0 Å². The second-order valence-corrected chi connectivity index (χ2v) is 8.85. The molecule has 0 spiro atoms. The number of ether oxygens (including phenoxy) is 5. The van der Waals surface area contributed by atoms with E-state index in [1.165, 1.54) is 7.11 Å². The largest absolute Gasteiger partial charge is 0.493 e. The number of methoxy groups -OCH3 is 4. The first-order valence-electron chi connectivity index (χ1n) is 11.9. The molecule has 1 aliphatic heterocycles. The van der Waals surface area contributed by atoms with Crippen LogP contribution in [0.1, 0.15) is 38.7 Å². The molecule has 0 aromatic heterocycles. The molecule has 7 nitrogen and oxygen atoms in total. The van der Waals surface area contributed by atoms with E-state index in [1.807, 2.05) is 43.0 Å². The van der Waals surface area contributed by atoms with Crippen molar-refractivity contribution in [3.63, 3.8) is 0 Å². The summed E-state index contributed by atoms with van der Waals surface area (Å²) < 4.78 is 28.4. The molecule has 0 unspecified atom stereocenters. The lowest BCUT2D eigenvalue weighted by Gasteiger charge is -2.38. The molecule has 3 aromatic rings.